The van der Waals surface area contributed by atoms with E-state index in [1.54, 1.807) is 4.90 Å². The Bertz CT molecular complexity index is 464. The molecule has 1 aliphatic rings. The number of hydrogen-bond acceptors (Lipinski definition) is 3. The summed E-state index contributed by atoms with van der Waals surface area (Å²) in [5, 5.41) is 11.4. The Labute approximate surface area is 111 Å². The molecule has 0 saturated heterocycles. The van der Waals surface area contributed by atoms with Crippen molar-refractivity contribution >= 4 is 12.0 Å². The average molecular weight is 264 g/mol. The Morgan fingerprint density at radius 1 is 1.37 bits per heavy atom. The van der Waals surface area contributed by atoms with Crippen LogP contribution in [-0.4, -0.2) is 41.8 Å². The fourth-order valence-electron chi connectivity index (χ4n) is 2.04. The third-order valence-electron chi connectivity index (χ3n) is 3.13. The number of hydrogen-bond donors (Lipinski definition) is 2. The SMILES string of the molecule is COC(CNC(=O)N1Cc2ccccc2C1)C(=O)O. The van der Waals surface area contributed by atoms with Crippen LogP contribution < -0.4 is 5.32 Å². The van der Waals surface area contributed by atoms with Crippen molar-refractivity contribution < 1.29 is 19.4 Å². The number of nitrogens with one attached hydrogen (secondary N) is 1. The smallest absolute Gasteiger partial charge is 0.334 e. The minimum absolute atomic E-state index is 0.0441. The number of urea groups is 1. The van der Waals surface area contributed by atoms with Gasteiger partial charge in [0.1, 0.15) is 0 Å². The van der Waals surface area contributed by atoms with Gasteiger partial charge < -0.3 is 20.1 Å². The molecular weight excluding hydrogens is 248 g/mol. The van der Waals surface area contributed by atoms with E-state index in [0.717, 1.165) is 11.1 Å². The number of ether oxygens (including phenoxy) is 1. The summed E-state index contributed by atoms with van der Waals surface area (Å²) in [5.74, 6) is -1.09. The zero-order valence-corrected chi connectivity index (χ0v) is 10.6. The largest absolute Gasteiger partial charge is 0.479 e. The molecule has 2 rings (SSSR count). The summed E-state index contributed by atoms with van der Waals surface area (Å²) in [5.41, 5.74) is 2.25. The predicted molar refractivity (Wildman–Crippen MR) is 67.5 cm³/mol. The van der Waals surface area contributed by atoms with E-state index in [1.807, 2.05) is 24.3 Å². The second-order valence-corrected chi connectivity index (χ2v) is 4.37. The van der Waals surface area contributed by atoms with E-state index in [4.69, 9.17) is 9.84 Å². The first-order valence-electron chi connectivity index (χ1n) is 5.97. The molecule has 1 atom stereocenters. The number of aliphatic carboxylic acids is 1. The first-order chi connectivity index (χ1) is 9.11. The van der Waals surface area contributed by atoms with Gasteiger partial charge in [-0.3, -0.25) is 0 Å². The lowest BCUT2D eigenvalue weighted by Crippen LogP contribution is -2.43. The zero-order valence-electron chi connectivity index (χ0n) is 10.6. The number of benzene rings is 1. The van der Waals surface area contributed by atoms with Gasteiger partial charge in [-0.1, -0.05) is 24.3 Å². The summed E-state index contributed by atoms with van der Waals surface area (Å²) in [6.07, 6.45) is -1.02. The van der Waals surface area contributed by atoms with E-state index < -0.39 is 12.1 Å². The van der Waals surface area contributed by atoms with Crippen LogP contribution in [0.4, 0.5) is 4.79 Å². The number of carboxylic acid groups (broad SMARTS) is 1. The molecule has 1 aromatic carbocycles. The van der Waals surface area contributed by atoms with E-state index in [0.29, 0.717) is 13.1 Å². The molecule has 1 unspecified atom stereocenters. The number of methoxy groups -OCH3 is 1. The molecule has 0 fully saturated rings. The maximum atomic E-state index is 11.9. The summed E-state index contributed by atoms with van der Waals surface area (Å²) in [6, 6.07) is 7.56. The number of nitrogens with zero attached hydrogens (tertiary/aromatic N) is 1. The van der Waals surface area contributed by atoms with E-state index in [9.17, 15) is 9.59 Å². The summed E-state index contributed by atoms with van der Waals surface area (Å²) in [7, 11) is 1.30. The van der Waals surface area contributed by atoms with Crippen LogP contribution in [0.3, 0.4) is 0 Å². The summed E-state index contributed by atoms with van der Waals surface area (Å²) in [4.78, 5) is 24.3. The summed E-state index contributed by atoms with van der Waals surface area (Å²) >= 11 is 0. The van der Waals surface area contributed by atoms with Gasteiger partial charge in [-0.2, -0.15) is 0 Å². The van der Waals surface area contributed by atoms with E-state index in [2.05, 4.69) is 5.32 Å². The van der Waals surface area contributed by atoms with Gasteiger partial charge in [0.05, 0.1) is 6.54 Å². The molecule has 1 heterocycles. The predicted octanol–water partition coefficient (Wildman–Crippen LogP) is 0.811. The Hall–Kier alpha value is -2.08. The molecule has 2 amide bonds. The lowest BCUT2D eigenvalue weighted by Gasteiger charge is -2.18. The van der Waals surface area contributed by atoms with Gasteiger partial charge in [0.25, 0.3) is 0 Å². The number of carbonyl (C=O) groups excluding carboxylic acids is 1. The molecule has 2 N–H and O–H groups in total. The molecule has 0 aliphatic carbocycles. The van der Waals surface area contributed by atoms with Crippen LogP contribution >= 0.6 is 0 Å². The van der Waals surface area contributed by atoms with Crippen molar-refractivity contribution in [2.75, 3.05) is 13.7 Å². The highest BCUT2D eigenvalue weighted by molar-refractivity contribution is 5.77. The Kier molecular flexibility index (Phi) is 4.01. The zero-order chi connectivity index (χ0) is 13.8. The Morgan fingerprint density at radius 3 is 2.42 bits per heavy atom. The first-order valence-corrected chi connectivity index (χ1v) is 5.97. The van der Waals surface area contributed by atoms with Crippen molar-refractivity contribution in [3.63, 3.8) is 0 Å². The van der Waals surface area contributed by atoms with Gasteiger partial charge >= 0.3 is 12.0 Å². The first kappa shape index (κ1) is 13.4. The number of rotatable bonds is 4. The van der Waals surface area contributed by atoms with Gasteiger partial charge in [-0.05, 0) is 11.1 Å². The molecule has 6 nitrogen and oxygen atoms in total. The van der Waals surface area contributed by atoms with Gasteiger partial charge in [-0.15, -0.1) is 0 Å². The van der Waals surface area contributed by atoms with Gasteiger partial charge in [-0.25, -0.2) is 9.59 Å². The van der Waals surface area contributed by atoms with Crippen LogP contribution in [0.15, 0.2) is 24.3 Å². The minimum atomic E-state index is -1.09. The third-order valence-corrected chi connectivity index (χ3v) is 3.13. The van der Waals surface area contributed by atoms with E-state index in [1.165, 1.54) is 7.11 Å². The van der Waals surface area contributed by atoms with E-state index >= 15 is 0 Å². The Balaban J connectivity index is 1.88. The monoisotopic (exact) mass is 264 g/mol. The van der Waals surface area contributed by atoms with Crippen molar-refractivity contribution in [2.24, 2.45) is 0 Å². The maximum Gasteiger partial charge on any atom is 0.334 e. The van der Waals surface area contributed by atoms with Crippen molar-refractivity contribution in [1.29, 1.82) is 0 Å². The van der Waals surface area contributed by atoms with Crippen LogP contribution in [0.1, 0.15) is 11.1 Å². The molecule has 1 aromatic rings. The molecule has 0 spiro atoms. The van der Waals surface area contributed by atoms with Gasteiger partial charge in [0, 0.05) is 20.2 Å². The molecule has 0 radical (unpaired) electrons. The highest BCUT2D eigenvalue weighted by Gasteiger charge is 2.24. The molecule has 19 heavy (non-hydrogen) atoms. The minimum Gasteiger partial charge on any atom is -0.479 e. The van der Waals surface area contributed by atoms with E-state index in [-0.39, 0.29) is 12.6 Å². The fraction of sp³-hybridized carbons (Fsp3) is 0.385. The molecular formula is C13H16N2O4. The Morgan fingerprint density at radius 2 is 1.95 bits per heavy atom. The lowest BCUT2D eigenvalue weighted by atomic mass is 10.1. The molecule has 1 aliphatic heterocycles. The molecule has 0 saturated carbocycles. The van der Waals surface area contributed by atoms with Crippen LogP contribution in [0.2, 0.25) is 0 Å². The molecule has 0 aromatic heterocycles. The van der Waals surface area contributed by atoms with Gasteiger partial charge in [0.15, 0.2) is 6.10 Å². The standard InChI is InChI=1S/C13H16N2O4/c1-19-11(12(16)17)6-14-13(18)15-7-9-4-2-3-5-10(9)8-15/h2-5,11H,6-8H2,1H3,(H,14,18)(H,16,17). The van der Waals surface area contributed by atoms with Crippen molar-refractivity contribution in [3.8, 4) is 0 Å². The van der Waals surface area contributed by atoms with Gasteiger partial charge in [0.2, 0.25) is 0 Å². The van der Waals surface area contributed by atoms with Crippen molar-refractivity contribution in [3.05, 3.63) is 35.4 Å². The highest BCUT2D eigenvalue weighted by atomic mass is 16.5. The number of amides is 2. The second-order valence-electron chi connectivity index (χ2n) is 4.37. The lowest BCUT2D eigenvalue weighted by molar-refractivity contribution is -0.148. The maximum absolute atomic E-state index is 11.9. The topological polar surface area (TPSA) is 78.9 Å². The van der Waals surface area contributed by atoms with Crippen molar-refractivity contribution in [1.82, 2.24) is 10.2 Å². The van der Waals surface area contributed by atoms with Crippen LogP contribution in [0.5, 0.6) is 0 Å². The molecule has 6 heteroatoms. The third kappa shape index (κ3) is 3.03. The molecule has 0 bridgehead atoms. The number of carboxylic acids is 1. The summed E-state index contributed by atoms with van der Waals surface area (Å²) < 4.78 is 4.75. The summed E-state index contributed by atoms with van der Waals surface area (Å²) in [6.45, 7) is 1.05. The quantitative estimate of drug-likeness (QED) is 0.843. The van der Waals surface area contributed by atoms with Crippen LogP contribution in [0, 0.1) is 0 Å². The highest BCUT2D eigenvalue weighted by Crippen LogP contribution is 2.21. The number of carbonyl (C=O) groups is 2. The van der Waals surface area contributed by atoms with Crippen LogP contribution in [-0.2, 0) is 22.6 Å². The van der Waals surface area contributed by atoms with Crippen LogP contribution in [0.25, 0.3) is 0 Å². The fourth-order valence-corrected chi connectivity index (χ4v) is 2.04. The number of fused-ring (bicyclic) bond motifs is 1. The second kappa shape index (κ2) is 5.71. The molecule has 102 valence electrons. The normalized spacial score (nSPS) is 14.9. The average Bonchev–Trinajstić information content (AvgIpc) is 2.82. The van der Waals surface area contributed by atoms with Crippen molar-refractivity contribution in [2.45, 2.75) is 19.2 Å².